The molecule has 1 aliphatic rings. The van der Waals surface area contributed by atoms with E-state index in [1.54, 1.807) is 12.1 Å². The fourth-order valence-electron chi connectivity index (χ4n) is 3.10. The second-order valence-corrected chi connectivity index (χ2v) is 7.50. The predicted molar refractivity (Wildman–Crippen MR) is 91.9 cm³/mol. The standard InChI is InChI=1S/C18H22N2O2S/c1-2-14-7-4-6-10-18(14)23(21,22)20-13-17-16-9-5-3-8-15(16)11-12-19-17/h3-10,17,19-20H,2,11-13H2,1H3. The summed E-state index contributed by atoms with van der Waals surface area (Å²) < 4.78 is 28.0. The van der Waals surface area contributed by atoms with Crippen molar-refractivity contribution in [1.29, 1.82) is 0 Å². The van der Waals surface area contributed by atoms with Crippen molar-refractivity contribution in [2.45, 2.75) is 30.7 Å². The van der Waals surface area contributed by atoms with E-state index in [9.17, 15) is 8.42 Å². The first kappa shape index (κ1) is 16.2. The lowest BCUT2D eigenvalue weighted by atomic mass is 9.95. The summed E-state index contributed by atoms with van der Waals surface area (Å²) in [4.78, 5) is 0.381. The molecule has 0 aliphatic carbocycles. The summed E-state index contributed by atoms with van der Waals surface area (Å²) >= 11 is 0. The number of rotatable bonds is 5. The first-order chi connectivity index (χ1) is 11.1. The third kappa shape index (κ3) is 3.47. The van der Waals surface area contributed by atoms with Gasteiger partial charge in [-0.25, -0.2) is 13.1 Å². The van der Waals surface area contributed by atoms with Crippen molar-refractivity contribution in [1.82, 2.24) is 10.0 Å². The van der Waals surface area contributed by atoms with Crippen LogP contribution in [0.4, 0.5) is 0 Å². The molecule has 0 amide bonds. The van der Waals surface area contributed by atoms with Crippen LogP contribution in [0.25, 0.3) is 0 Å². The van der Waals surface area contributed by atoms with Crippen LogP contribution in [0.15, 0.2) is 53.4 Å². The molecule has 1 heterocycles. The summed E-state index contributed by atoms with van der Waals surface area (Å²) in [6.07, 6.45) is 1.68. The van der Waals surface area contributed by atoms with E-state index in [4.69, 9.17) is 0 Å². The Kier molecular flexibility index (Phi) is 4.80. The summed E-state index contributed by atoms with van der Waals surface area (Å²) in [6.45, 7) is 3.19. The molecule has 1 atom stereocenters. The Morgan fingerprint density at radius 3 is 2.70 bits per heavy atom. The normalized spacial score (nSPS) is 17.7. The smallest absolute Gasteiger partial charge is 0.240 e. The van der Waals surface area contributed by atoms with Crippen molar-refractivity contribution < 1.29 is 8.42 Å². The number of benzene rings is 2. The summed E-state index contributed by atoms with van der Waals surface area (Å²) in [5, 5.41) is 3.40. The molecular formula is C18H22N2O2S. The highest BCUT2D eigenvalue weighted by Gasteiger charge is 2.23. The Morgan fingerprint density at radius 2 is 1.87 bits per heavy atom. The molecule has 2 aromatic rings. The second kappa shape index (κ2) is 6.83. The zero-order valence-corrected chi connectivity index (χ0v) is 14.1. The Hall–Kier alpha value is -1.69. The highest BCUT2D eigenvalue weighted by atomic mass is 32.2. The van der Waals surface area contributed by atoms with E-state index in [2.05, 4.69) is 22.2 Å². The minimum atomic E-state index is -3.49. The van der Waals surface area contributed by atoms with Gasteiger partial charge in [-0.3, -0.25) is 0 Å². The van der Waals surface area contributed by atoms with Crippen LogP contribution >= 0.6 is 0 Å². The maximum absolute atomic E-state index is 12.6. The van der Waals surface area contributed by atoms with Gasteiger partial charge in [0, 0.05) is 12.6 Å². The van der Waals surface area contributed by atoms with Crippen LogP contribution in [-0.2, 0) is 22.9 Å². The van der Waals surface area contributed by atoms with Crippen molar-refractivity contribution in [3.05, 3.63) is 65.2 Å². The van der Waals surface area contributed by atoms with E-state index in [1.165, 1.54) is 11.1 Å². The van der Waals surface area contributed by atoms with Gasteiger partial charge >= 0.3 is 0 Å². The molecule has 1 aliphatic heterocycles. The number of sulfonamides is 1. The molecule has 0 spiro atoms. The van der Waals surface area contributed by atoms with Gasteiger partial charge in [-0.1, -0.05) is 49.4 Å². The molecule has 0 aromatic heterocycles. The van der Waals surface area contributed by atoms with Gasteiger partial charge < -0.3 is 5.32 Å². The number of hydrogen-bond acceptors (Lipinski definition) is 3. The molecule has 0 bridgehead atoms. The van der Waals surface area contributed by atoms with Crippen molar-refractivity contribution in [2.24, 2.45) is 0 Å². The highest BCUT2D eigenvalue weighted by Crippen LogP contribution is 2.23. The number of fused-ring (bicyclic) bond motifs is 1. The molecule has 0 fully saturated rings. The molecule has 0 saturated carbocycles. The first-order valence-corrected chi connectivity index (χ1v) is 9.49. The van der Waals surface area contributed by atoms with E-state index < -0.39 is 10.0 Å². The fraction of sp³-hybridized carbons (Fsp3) is 0.333. The van der Waals surface area contributed by atoms with Gasteiger partial charge in [0.2, 0.25) is 10.0 Å². The van der Waals surface area contributed by atoms with Crippen LogP contribution in [0.1, 0.15) is 29.7 Å². The molecule has 1 unspecified atom stereocenters. The molecule has 3 rings (SSSR count). The largest absolute Gasteiger partial charge is 0.308 e. The van der Waals surface area contributed by atoms with Crippen molar-refractivity contribution in [3.63, 3.8) is 0 Å². The Balaban J connectivity index is 1.78. The molecule has 2 aromatic carbocycles. The summed E-state index contributed by atoms with van der Waals surface area (Å²) in [5.41, 5.74) is 3.33. The SMILES string of the molecule is CCc1ccccc1S(=O)(=O)NCC1NCCc2ccccc21. The molecule has 5 heteroatoms. The number of hydrogen-bond donors (Lipinski definition) is 2. The van der Waals surface area contributed by atoms with Gasteiger partial charge in [-0.05, 0) is 42.1 Å². The topological polar surface area (TPSA) is 58.2 Å². The molecule has 0 saturated heterocycles. The van der Waals surface area contributed by atoms with Crippen LogP contribution in [0.2, 0.25) is 0 Å². The Morgan fingerprint density at radius 1 is 1.13 bits per heavy atom. The molecule has 2 N–H and O–H groups in total. The highest BCUT2D eigenvalue weighted by molar-refractivity contribution is 7.89. The minimum Gasteiger partial charge on any atom is -0.308 e. The van der Waals surface area contributed by atoms with E-state index in [1.807, 2.05) is 31.2 Å². The summed E-state index contributed by atoms with van der Waals surface area (Å²) in [7, 11) is -3.49. The van der Waals surface area contributed by atoms with Crippen molar-refractivity contribution in [2.75, 3.05) is 13.1 Å². The summed E-state index contributed by atoms with van der Waals surface area (Å²) in [5.74, 6) is 0. The monoisotopic (exact) mass is 330 g/mol. The second-order valence-electron chi connectivity index (χ2n) is 5.77. The van der Waals surface area contributed by atoms with Gasteiger partial charge in [-0.15, -0.1) is 0 Å². The van der Waals surface area contributed by atoms with E-state index in [-0.39, 0.29) is 6.04 Å². The molecule has 4 nitrogen and oxygen atoms in total. The van der Waals surface area contributed by atoms with E-state index in [0.29, 0.717) is 17.9 Å². The number of nitrogens with one attached hydrogen (secondary N) is 2. The average molecular weight is 330 g/mol. The quantitative estimate of drug-likeness (QED) is 0.885. The van der Waals surface area contributed by atoms with Crippen LogP contribution in [-0.4, -0.2) is 21.5 Å². The van der Waals surface area contributed by atoms with Gasteiger partial charge in [0.15, 0.2) is 0 Å². The maximum atomic E-state index is 12.6. The lowest BCUT2D eigenvalue weighted by Gasteiger charge is -2.27. The Bertz CT molecular complexity index is 787. The van der Waals surface area contributed by atoms with Gasteiger partial charge in [0.05, 0.1) is 4.90 Å². The maximum Gasteiger partial charge on any atom is 0.240 e. The zero-order valence-electron chi connectivity index (χ0n) is 13.2. The third-order valence-electron chi connectivity index (χ3n) is 4.34. The minimum absolute atomic E-state index is 0.0171. The predicted octanol–water partition coefficient (Wildman–Crippen LogP) is 2.41. The lowest BCUT2D eigenvalue weighted by molar-refractivity contribution is 0.491. The summed E-state index contributed by atoms with van der Waals surface area (Å²) in [6, 6.07) is 15.4. The zero-order chi connectivity index (χ0) is 16.3. The van der Waals surface area contributed by atoms with Crippen LogP contribution in [0, 0.1) is 0 Å². The van der Waals surface area contributed by atoms with Gasteiger partial charge in [0.25, 0.3) is 0 Å². The third-order valence-corrected chi connectivity index (χ3v) is 5.86. The molecule has 23 heavy (non-hydrogen) atoms. The van der Waals surface area contributed by atoms with Gasteiger partial charge in [0.1, 0.15) is 0 Å². The van der Waals surface area contributed by atoms with E-state index >= 15 is 0 Å². The Labute approximate surface area is 138 Å². The van der Waals surface area contributed by atoms with E-state index in [0.717, 1.165) is 18.5 Å². The first-order valence-electron chi connectivity index (χ1n) is 8.00. The van der Waals surface area contributed by atoms with Crippen molar-refractivity contribution in [3.8, 4) is 0 Å². The van der Waals surface area contributed by atoms with Gasteiger partial charge in [-0.2, -0.15) is 0 Å². The lowest BCUT2D eigenvalue weighted by Crippen LogP contribution is -2.39. The van der Waals surface area contributed by atoms with Crippen molar-refractivity contribution >= 4 is 10.0 Å². The molecule has 0 radical (unpaired) electrons. The van der Waals surface area contributed by atoms with Crippen LogP contribution in [0.5, 0.6) is 0 Å². The number of aryl methyl sites for hydroxylation is 1. The fourth-order valence-corrected chi connectivity index (χ4v) is 4.46. The molecule has 122 valence electrons. The van der Waals surface area contributed by atoms with Crippen LogP contribution in [0.3, 0.4) is 0 Å². The van der Waals surface area contributed by atoms with Crippen LogP contribution < -0.4 is 10.0 Å². The average Bonchev–Trinajstić information content (AvgIpc) is 2.60. The molecular weight excluding hydrogens is 308 g/mol.